The van der Waals surface area contributed by atoms with Gasteiger partial charge in [-0.05, 0) is 51.0 Å². The monoisotopic (exact) mass is 229 g/mol. The van der Waals surface area contributed by atoms with Crippen LogP contribution in [0.1, 0.15) is 23.9 Å². The lowest BCUT2D eigenvalue weighted by Gasteiger charge is -2.08. The Balaban J connectivity index is 2.64. The summed E-state index contributed by atoms with van der Waals surface area (Å²) >= 11 is 0. The summed E-state index contributed by atoms with van der Waals surface area (Å²) in [6.45, 7) is 9.28. The quantitative estimate of drug-likeness (QED) is 0.804. The lowest BCUT2D eigenvalue weighted by atomic mass is 9.98. The molecule has 3 nitrogen and oxygen atoms in total. The number of nitrogens with zero attached hydrogens (tertiary/aromatic N) is 2. The first kappa shape index (κ1) is 11.7. The molecule has 1 aromatic carbocycles. The zero-order chi connectivity index (χ0) is 12.6. The number of aromatic nitrogens is 2. The summed E-state index contributed by atoms with van der Waals surface area (Å²) in [7, 11) is 0. The second kappa shape index (κ2) is 4.24. The highest BCUT2D eigenvalue weighted by Gasteiger charge is 2.14. The molecule has 0 amide bonds. The van der Waals surface area contributed by atoms with Crippen LogP contribution in [0.15, 0.2) is 18.2 Å². The molecule has 0 atom stereocenters. The number of nitrogens with two attached hydrogens (primary N) is 1. The normalized spacial score (nSPS) is 10.8. The maximum atomic E-state index is 5.79. The SMILES string of the molecule is CCn1nc(C)c(-c2ccc(N)cc2C)c1C. The van der Waals surface area contributed by atoms with Crippen molar-refractivity contribution in [3.63, 3.8) is 0 Å². The first-order valence-corrected chi connectivity index (χ1v) is 5.95. The van der Waals surface area contributed by atoms with E-state index < -0.39 is 0 Å². The second-order valence-corrected chi connectivity index (χ2v) is 4.44. The molecular formula is C14H19N3. The van der Waals surface area contributed by atoms with E-state index in [-0.39, 0.29) is 0 Å². The van der Waals surface area contributed by atoms with Gasteiger partial charge in [0.2, 0.25) is 0 Å². The molecule has 2 rings (SSSR count). The van der Waals surface area contributed by atoms with E-state index in [1.165, 1.54) is 22.4 Å². The molecule has 90 valence electrons. The summed E-state index contributed by atoms with van der Waals surface area (Å²) in [4.78, 5) is 0. The Bertz CT molecular complexity index is 553. The van der Waals surface area contributed by atoms with E-state index in [0.29, 0.717) is 0 Å². The van der Waals surface area contributed by atoms with Crippen molar-refractivity contribution in [1.82, 2.24) is 9.78 Å². The Morgan fingerprint density at radius 3 is 2.47 bits per heavy atom. The Morgan fingerprint density at radius 2 is 1.94 bits per heavy atom. The van der Waals surface area contributed by atoms with Gasteiger partial charge >= 0.3 is 0 Å². The van der Waals surface area contributed by atoms with Crippen LogP contribution in [0.4, 0.5) is 5.69 Å². The summed E-state index contributed by atoms with van der Waals surface area (Å²) in [5.74, 6) is 0. The maximum absolute atomic E-state index is 5.79. The molecule has 2 N–H and O–H groups in total. The Hall–Kier alpha value is -1.77. The summed E-state index contributed by atoms with van der Waals surface area (Å²) < 4.78 is 2.04. The molecule has 0 saturated heterocycles. The van der Waals surface area contributed by atoms with Crippen molar-refractivity contribution in [2.75, 3.05) is 5.73 Å². The largest absolute Gasteiger partial charge is 0.399 e. The predicted octanol–water partition coefficient (Wildman–Crippen LogP) is 3.08. The molecule has 0 aliphatic heterocycles. The van der Waals surface area contributed by atoms with Crippen LogP contribution >= 0.6 is 0 Å². The average Bonchev–Trinajstić information content (AvgIpc) is 2.55. The van der Waals surface area contributed by atoms with E-state index in [1.54, 1.807) is 0 Å². The minimum Gasteiger partial charge on any atom is -0.399 e. The van der Waals surface area contributed by atoms with Gasteiger partial charge in [-0.2, -0.15) is 5.10 Å². The molecule has 0 saturated carbocycles. The minimum atomic E-state index is 0.810. The molecule has 0 bridgehead atoms. The van der Waals surface area contributed by atoms with Crippen molar-refractivity contribution in [2.24, 2.45) is 0 Å². The fourth-order valence-electron chi connectivity index (χ4n) is 2.36. The van der Waals surface area contributed by atoms with Crippen molar-refractivity contribution in [2.45, 2.75) is 34.2 Å². The highest BCUT2D eigenvalue weighted by molar-refractivity contribution is 5.73. The van der Waals surface area contributed by atoms with Gasteiger partial charge in [-0.15, -0.1) is 0 Å². The molecule has 0 unspecified atom stereocenters. The highest BCUT2D eigenvalue weighted by atomic mass is 15.3. The van der Waals surface area contributed by atoms with Crippen molar-refractivity contribution in [1.29, 1.82) is 0 Å². The lowest BCUT2D eigenvalue weighted by Crippen LogP contribution is -1.98. The molecule has 1 aromatic heterocycles. The molecular weight excluding hydrogens is 210 g/mol. The fraction of sp³-hybridized carbons (Fsp3) is 0.357. The van der Waals surface area contributed by atoms with Crippen LogP contribution in [0, 0.1) is 20.8 Å². The van der Waals surface area contributed by atoms with Gasteiger partial charge in [-0.25, -0.2) is 0 Å². The molecule has 0 radical (unpaired) electrons. The van der Waals surface area contributed by atoms with Crippen LogP contribution in [-0.4, -0.2) is 9.78 Å². The van der Waals surface area contributed by atoms with Gasteiger partial charge in [0.1, 0.15) is 0 Å². The maximum Gasteiger partial charge on any atom is 0.0675 e. The number of hydrogen-bond donors (Lipinski definition) is 1. The standard InChI is InChI=1S/C14H19N3/c1-5-17-11(4)14(10(3)16-17)13-7-6-12(15)8-9(13)2/h6-8H,5,15H2,1-4H3. The van der Waals surface area contributed by atoms with E-state index in [2.05, 4.69) is 38.9 Å². The molecule has 0 aliphatic rings. The third kappa shape index (κ3) is 1.93. The fourth-order valence-corrected chi connectivity index (χ4v) is 2.36. The molecule has 3 heteroatoms. The van der Waals surface area contributed by atoms with Crippen LogP contribution < -0.4 is 5.73 Å². The third-order valence-electron chi connectivity index (χ3n) is 3.20. The zero-order valence-corrected chi connectivity index (χ0v) is 10.9. The number of rotatable bonds is 2. The smallest absolute Gasteiger partial charge is 0.0675 e. The summed E-state index contributed by atoms with van der Waals surface area (Å²) in [5.41, 5.74) is 12.6. The predicted molar refractivity (Wildman–Crippen MR) is 72.0 cm³/mol. The number of anilines is 1. The second-order valence-electron chi connectivity index (χ2n) is 4.44. The Morgan fingerprint density at radius 1 is 1.24 bits per heavy atom. The van der Waals surface area contributed by atoms with E-state index >= 15 is 0 Å². The average molecular weight is 229 g/mol. The van der Waals surface area contributed by atoms with Gasteiger partial charge in [0.25, 0.3) is 0 Å². The summed E-state index contributed by atoms with van der Waals surface area (Å²) in [6.07, 6.45) is 0. The molecule has 17 heavy (non-hydrogen) atoms. The molecule has 0 spiro atoms. The van der Waals surface area contributed by atoms with Crippen LogP contribution in [0.5, 0.6) is 0 Å². The topological polar surface area (TPSA) is 43.8 Å². The van der Waals surface area contributed by atoms with E-state index in [0.717, 1.165) is 17.9 Å². The van der Waals surface area contributed by atoms with Crippen LogP contribution in [0.3, 0.4) is 0 Å². The van der Waals surface area contributed by atoms with Gasteiger partial charge < -0.3 is 5.73 Å². The van der Waals surface area contributed by atoms with Gasteiger partial charge in [0.15, 0.2) is 0 Å². The number of aryl methyl sites for hydroxylation is 3. The number of benzene rings is 1. The van der Waals surface area contributed by atoms with Gasteiger partial charge in [-0.3, -0.25) is 4.68 Å². The zero-order valence-electron chi connectivity index (χ0n) is 10.9. The van der Waals surface area contributed by atoms with Crippen molar-refractivity contribution in [3.8, 4) is 11.1 Å². The molecule has 0 fully saturated rings. The van der Waals surface area contributed by atoms with Gasteiger partial charge in [0, 0.05) is 23.5 Å². The molecule has 1 heterocycles. The molecule has 0 aliphatic carbocycles. The first-order valence-electron chi connectivity index (χ1n) is 5.95. The minimum absolute atomic E-state index is 0.810. The van der Waals surface area contributed by atoms with Crippen LogP contribution in [0.2, 0.25) is 0 Å². The first-order chi connectivity index (χ1) is 8.04. The van der Waals surface area contributed by atoms with E-state index in [4.69, 9.17) is 5.73 Å². The van der Waals surface area contributed by atoms with Crippen LogP contribution in [-0.2, 0) is 6.54 Å². The number of hydrogen-bond acceptors (Lipinski definition) is 2. The van der Waals surface area contributed by atoms with Crippen molar-refractivity contribution < 1.29 is 0 Å². The summed E-state index contributed by atoms with van der Waals surface area (Å²) in [5, 5.41) is 4.55. The van der Waals surface area contributed by atoms with Crippen molar-refractivity contribution in [3.05, 3.63) is 35.2 Å². The Labute approximate surface area is 102 Å². The third-order valence-corrected chi connectivity index (χ3v) is 3.20. The van der Waals surface area contributed by atoms with E-state index in [1.807, 2.05) is 16.8 Å². The van der Waals surface area contributed by atoms with Crippen LogP contribution in [0.25, 0.3) is 11.1 Å². The van der Waals surface area contributed by atoms with Gasteiger partial charge in [0.05, 0.1) is 5.69 Å². The number of nitrogen functional groups attached to an aromatic ring is 1. The van der Waals surface area contributed by atoms with E-state index in [9.17, 15) is 0 Å². The van der Waals surface area contributed by atoms with Crippen molar-refractivity contribution >= 4 is 5.69 Å². The summed E-state index contributed by atoms with van der Waals surface area (Å²) in [6, 6.07) is 6.05. The highest BCUT2D eigenvalue weighted by Crippen LogP contribution is 2.30. The lowest BCUT2D eigenvalue weighted by molar-refractivity contribution is 0.634. The molecule has 2 aromatic rings. The Kier molecular flexibility index (Phi) is 2.92. The van der Waals surface area contributed by atoms with Gasteiger partial charge in [-0.1, -0.05) is 6.07 Å².